The Balaban J connectivity index is 2.00. The largest absolute Gasteiger partial charge is 0.511 e. The van der Waals surface area contributed by atoms with Gasteiger partial charge in [-0.3, -0.25) is 14.6 Å². The summed E-state index contributed by atoms with van der Waals surface area (Å²) in [5.74, 6) is -0.995. The van der Waals surface area contributed by atoms with E-state index in [1.165, 1.54) is 0 Å². The van der Waals surface area contributed by atoms with Gasteiger partial charge in [-0.05, 0) is 22.8 Å². The van der Waals surface area contributed by atoms with Gasteiger partial charge in [0.1, 0.15) is 5.76 Å². The number of aliphatic imine (C=N–C) groups is 1. The molecule has 2 N–H and O–H groups in total. The Labute approximate surface area is 151 Å². The lowest BCUT2D eigenvalue weighted by Gasteiger charge is -2.18. The first-order valence-electron chi connectivity index (χ1n) is 8.73. The molecule has 5 nitrogen and oxygen atoms in total. The lowest BCUT2D eigenvalue weighted by atomic mass is 9.89. The number of carboxylic acids is 1. The van der Waals surface area contributed by atoms with Crippen LogP contribution in [0.3, 0.4) is 0 Å². The molecule has 26 heavy (non-hydrogen) atoms. The van der Waals surface area contributed by atoms with Gasteiger partial charge >= 0.3 is 5.97 Å². The molecule has 0 atom stereocenters. The number of carboxylic acid groups (broad SMARTS) is 1. The lowest BCUT2D eigenvalue weighted by Crippen LogP contribution is -2.22. The van der Waals surface area contributed by atoms with Gasteiger partial charge in [-0.1, -0.05) is 42.5 Å². The molecule has 1 aliphatic carbocycles. The first-order valence-corrected chi connectivity index (χ1v) is 8.73. The normalized spacial score (nSPS) is 15.5. The van der Waals surface area contributed by atoms with Gasteiger partial charge in [0.15, 0.2) is 5.78 Å². The number of nitrogens with zero attached hydrogens (tertiary/aromatic N) is 1. The summed E-state index contributed by atoms with van der Waals surface area (Å²) < 4.78 is 0. The first kappa shape index (κ1) is 17.9. The number of carbonyl (C=O) groups excluding carboxylic acids is 1. The van der Waals surface area contributed by atoms with Crippen LogP contribution >= 0.6 is 0 Å². The predicted molar refractivity (Wildman–Crippen MR) is 101 cm³/mol. The summed E-state index contributed by atoms with van der Waals surface area (Å²) in [6.07, 6.45) is 1.74. The molecule has 5 heteroatoms. The maximum absolute atomic E-state index is 12.4. The maximum atomic E-state index is 12.4. The third-order valence-electron chi connectivity index (χ3n) is 4.54. The molecule has 0 saturated heterocycles. The number of benzene rings is 2. The number of hydrogen-bond acceptors (Lipinski definition) is 4. The average Bonchev–Trinajstić information content (AvgIpc) is 2.61. The number of hydrogen-bond donors (Lipinski definition) is 2. The van der Waals surface area contributed by atoms with E-state index in [0.29, 0.717) is 31.4 Å². The van der Waals surface area contributed by atoms with Gasteiger partial charge in [0.25, 0.3) is 0 Å². The molecule has 0 saturated carbocycles. The van der Waals surface area contributed by atoms with Crippen molar-refractivity contribution < 1.29 is 19.8 Å². The van der Waals surface area contributed by atoms with E-state index in [1.54, 1.807) is 0 Å². The van der Waals surface area contributed by atoms with Gasteiger partial charge in [0.2, 0.25) is 0 Å². The monoisotopic (exact) mass is 351 g/mol. The number of Topliss-reactive ketones (excluding diaryl/α,β-unsaturated/α-hetero) is 1. The number of carbonyl (C=O) groups is 2. The highest BCUT2D eigenvalue weighted by Crippen LogP contribution is 2.25. The molecule has 0 radical (unpaired) electrons. The second kappa shape index (κ2) is 7.95. The second-order valence-electron chi connectivity index (χ2n) is 6.39. The van der Waals surface area contributed by atoms with Crippen LogP contribution in [0, 0.1) is 0 Å². The standard InChI is InChI=1S/C21H21NO4/c23-18-9-4-10-19(24)21(18)17(22-12-11-20(25)26)13-15-7-3-6-14-5-1-2-8-16(14)15/h1-3,5-8,23H,4,9-13H2,(H,25,26). The molecule has 1 aliphatic rings. The van der Waals surface area contributed by atoms with E-state index >= 15 is 0 Å². The average molecular weight is 351 g/mol. The number of rotatable bonds is 6. The summed E-state index contributed by atoms with van der Waals surface area (Å²) in [6.45, 7) is 0.0828. The lowest BCUT2D eigenvalue weighted by molar-refractivity contribution is -0.136. The number of ketones is 1. The van der Waals surface area contributed by atoms with E-state index in [2.05, 4.69) is 4.99 Å². The van der Waals surface area contributed by atoms with Crippen molar-refractivity contribution in [3.8, 4) is 0 Å². The zero-order valence-electron chi connectivity index (χ0n) is 14.4. The Morgan fingerprint density at radius 2 is 1.85 bits per heavy atom. The molecule has 2 aromatic rings. The van der Waals surface area contributed by atoms with Crippen LogP contribution in [0.15, 0.2) is 58.8 Å². The third-order valence-corrected chi connectivity index (χ3v) is 4.54. The van der Waals surface area contributed by atoms with Crippen LogP contribution in [0.4, 0.5) is 0 Å². The Hall–Kier alpha value is -2.95. The van der Waals surface area contributed by atoms with E-state index in [9.17, 15) is 14.7 Å². The third kappa shape index (κ3) is 3.99. The van der Waals surface area contributed by atoms with Crippen LogP contribution in [-0.4, -0.2) is 34.2 Å². The summed E-state index contributed by atoms with van der Waals surface area (Å²) in [5, 5.41) is 21.3. The molecular formula is C21H21NO4. The molecule has 0 unspecified atom stereocenters. The maximum Gasteiger partial charge on any atom is 0.305 e. The fraction of sp³-hybridized carbons (Fsp3) is 0.286. The van der Waals surface area contributed by atoms with Crippen molar-refractivity contribution in [2.75, 3.05) is 6.54 Å². The van der Waals surface area contributed by atoms with Crippen LogP contribution in [0.1, 0.15) is 31.2 Å². The topological polar surface area (TPSA) is 87.0 Å². The van der Waals surface area contributed by atoms with Crippen LogP contribution in [0.5, 0.6) is 0 Å². The molecule has 0 spiro atoms. The number of aliphatic hydroxyl groups is 1. The summed E-state index contributed by atoms with van der Waals surface area (Å²) in [7, 11) is 0. The fourth-order valence-electron chi connectivity index (χ4n) is 3.29. The molecule has 0 fully saturated rings. The Bertz CT molecular complexity index is 906. The zero-order chi connectivity index (χ0) is 18.5. The summed E-state index contributed by atoms with van der Waals surface area (Å²) in [5.41, 5.74) is 1.75. The zero-order valence-corrected chi connectivity index (χ0v) is 14.4. The predicted octanol–water partition coefficient (Wildman–Crippen LogP) is 3.86. The van der Waals surface area contributed by atoms with Crippen LogP contribution < -0.4 is 0 Å². The molecule has 0 bridgehead atoms. The Kier molecular flexibility index (Phi) is 5.46. The Morgan fingerprint density at radius 3 is 2.62 bits per heavy atom. The van der Waals surface area contributed by atoms with Crippen LogP contribution in [-0.2, 0) is 16.0 Å². The van der Waals surface area contributed by atoms with Gasteiger partial charge in [-0.2, -0.15) is 0 Å². The van der Waals surface area contributed by atoms with Gasteiger partial charge in [0.05, 0.1) is 17.7 Å². The molecule has 0 amide bonds. The minimum atomic E-state index is -0.938. The SMILES string of the molecule is O=C(O)CCN=C(Cc1cccc2ccccc12)C1=C(O)CCCC1=O. The number of aliphatic hydroxyl groups excluding tert-OH is 1. The van der Waals surface area contributed by atoms with Crippen molar-refractivity contribution >= 4 is 28.2 Å². The summed E-state index contributed by atoms with van der Waals surface area (Å²) >= 11 is 0. The van der Waals surface area contributed by atoms with E-state index in [-0.39, 0.29) is 30.1 Å². The molecular weight excluding hydrogens is 330 g/mol. The van der Waals surface area contributed by atoms with E-state index in [1.807, 2.05) is 42.5 Å². The molecule has 134 valence electrons. The summed E-state index contributed by atoms with van der Waals surface area (Å²) in [6, 6.07) is 13.9. The highest BCUT2D eigenvalue weighted by Gasteiger charge is 2.25. The minimum Gasteiger partial charge on any atom is -0.511 e. The van der Waals surface area contributed by atoms with E-state index in [0.717, 1.165) is 16.3 Å². The van der Waals surface area contributed by atoms with Crippen LogP contribution in [0.25, 0.3) is 10.8 Å². The summed E-state index contributed by atoms with van der Waals surface area (Å²) in [4.78, 5) is 27.6. The van der Waals surface area contributed by atoms with Crippen molar-refractivity contribution in [3.05, 3.63) is 59.4 Å². The molecule has 0 aromatic heterocycles. The van der Waals surface area contributed by atoms with Crippen molar-refractivity contribution in [3.63, 3.8) is 0 Å². The molecule has 3 rings (SSSR count). The van der Waals surface area contributed by atoms with E-state index in [4.69, 9.17) is 5.11 Å². The van der Waals surface area contributed by atoms with Gasteiger partial charge in [0, 0.05) is 25.8 Å². The highest BCUT2D eigenvalue weighted by molar-refractivity contribution is 6.24. The smallest absolute Gasteiger partial charge is 0.305 e. The van der Waals surface area contributed by atoms with Gasteiger partial charge < -0.3 is 10.2 Å². The first-order chi connectivity index (χ1) is 12.6. The number of allylic oxidation sites excluding steroid dienone is 2. The fourth-order valence-corrected chi connectivity index (χ4v) is 3.29. The van der Waals surface area contributed by atoms with E-state index < -0.39 is 5.97 Å². The number of fused-ring (bicyclic) bond motifs is 1. The van der Waals surface area contributed by atoms with Crippen molar-refractivity contribution in [2.45, 2.75) is 32.1 Å². The minimum absolute atomic E-state index is 0.0653. The number of aliphatic carboxylic acids is 1. The molecule has 0 aliphatic heterocycles. The van der Waals surface area contributed by atoms with Gasteiger partial charge in [-0.15, -0.1) is 0 Å². The quantitative estimate of drug-likeness (QED) is 0.774. The molecule has 0 heterocycles. The van der Waals surface area contributed by atoms with Gasteiger partial charge in [-0.25, -0.2) is 0 Å². The highest BCUT2D eigenvalue weighted by atomic mass is 16.4. The van der Waals surface area contributed by atoms with Crippen molar-refractivity contribution in [1.82, 2.24) is 0 Å². The second-order valence-corrected chi connectivity index (χ2v) is 6.39. The van der Waals surface area contributed by atoms with Crippen molar-refractivity contribution in [2.24, 2.45) is 4.99 Å². The van der Waals surface area contributed by atoms with Crippen LogP contribution in [0.2, 0.25) is 0 Å². The Morgan fingerprint density at radius 1 is 1.08 bits per heavy atom. The molecule has 2 aromatic carbocycles. The van der Waals surface area contributed by atoms with Crippen molar-refractivity contribution in [1.29, 1.82) is 0 Å².